The van der Waals surface area contributed by atoms with Crippen LogP contribution in [0.5, 0.6) is 11.5 Å². The molecule has 0 bridgehead atoms. The third kappa shape index (κ3) is 4.96. The Morgan fingerprint density at radius 3 is 2.67 bits per heavy atom. The van der Waals surface area contributed by atoms with Crippen LogP contribution in [0.1, 0.15) is 43.9 Å². The first-order valence-electron chi connectivity index (χ1n) is 11.6. The predicted molar refractivity (Wildman–Crippen MR) is 141 cm³/mol. The summed E-state index contributed by atoms with van der Waals surface area (Å²) < 4.78 is 18.4. The lowest BCUT2D eigenvalue weighted by atomic mass is 9.93. The highest BCUT2D eigenvalue weighted by atomic mass is 35.5. The number of allylic oxidation sites excluding steroid dienone is 1. The van der Waals surface area contributed by atoms with E-state index in [1.54, 1.807) is 45.4 Å². The number of carbonyl (C=O) groups excluding carboxylic acids is 1. The standard InChI is InChI=1S/C27H27ClN2O5S/c1-5-8-20-23(26(32)35-6-2)24(19-15-17(28)11-12-21(19)34-4)30-25(31)22(36-27(30)29-20)14-16-9-7-10-18(13-16)33-3/h7,9-15,24H,5-6,8H2,1-4H3/b22-14+/t24-/m1/s1. The van der Waals surface area contributed by atoms with Crippen LogP contribution < -0.4 is 24.4 Å². The molecule has 0 N–H and O–H groups in total. The van der Waals surface area contributed by atoms with Crippen molar-refractivity contribution in [1.82, 2.24) is 4.57 Å². The molecule has 188 valence electrons. The number of hydrogen-bond acceptors (Lipinski definition) is 7. The minimum Gasteiger partial charge on any atom is -0.497 e. The summed E-state index contributed by atoms with van der Waals surface area (Å²) in [5.41, 5.74) is 2.04. The van der Waals surface area contributed by atoms with Crippen molar-refractivity contribution in [3.63, 3.8) is 0 Å². The first-order valence-corrected chi connectivity index (χ1v) is 12.8. The van der Waals surface area contributed by atoms with E-state index in [9.17, 15) is 9.59 Å². The van der Waals surface area contributed by atoms with E-state index < -0.39 is 12.0 Å². The number of benzene rings is 2. The van der Waals surface area contributed by atoms with Crippen LogP contribution >= 0.6 is 22.9 Å². The average molecular weight is 527 g/mol. The molecule has 0 saturated carbocycles. The second-order valence-corrected chi connectivity index (χ2v) is 9.52. The van der Waals surface area contributed by atoms with Gasteiger partial charge in [-0.1, -0.05) is 48.4 Å². The maximum Gasteiger partial charge on any atom is 0.338 e. The lowest BCUT2D eigenvalue weighted by Gasteiger charge is -2.27. The fraction of sp³-hybridized carbons (Fsp3) is 0.296. The molecule has 4 rings (SSSR count). The van der Waals surface area contributed by atoms with E-state index in [4.69, 9.17) is 30.8 Å². The Balaban J connectivity index is 2.04. The summed E-state index contributed by atoms with van der Waals surface area (Å²) in [6.07, 6.45) is 3.11. The van der Waals surface area contributed by atoms with Crippen molar-refractivity contribution in [2.24, 2.45) is 4.99 Å². The van der Waals surface area contributed by atoms with Crippen molar-refractivity contribution >= 4 is 35.0 Å². The molecule has 0 unspecified atom stereocenters. The highest BCUT2D eigenvalue weighted by Crippen LogP contribution is 2.38. The molecule has 1 aromatic heterocycles. The molecule has 0 saturated heterocycles. The van der Waals surface area contributed by atoms with Gasteiger partial charge in [-0.05, 0) is 55.3 Å². The summed E-state index contributed by atoms with van der Waals surface area (Å²) in [6.45, 7) is 3.95. The molecule has 0 amide bonds. The summed E-state index contributed by atoms with van der Waals surface area (Å²) in [5.74, 6) is 0.679. The van der Waals surface area contributed by atoms with E-state index in [0.29, 0.717) is 49.1 Å². The second-order valence-electron chi connectivity index (χ2n) is 8.08. The van der Waals surface area contributed by atoms with Crippen LogP contribution in [0.3, 0.4) is 0 Å². The molecule has 9 heteroatoms. The summed E-state index contributed by atoms with van der Waals surface area (Å²) in [6, 6.07) is 11.8. The monoisotopic (exact) mass is 526 g/mol. The molecule has 1 atom stereocenters. The molecule has 3 aromatic rings. The van der Waals surface area contributed by atoms with Crippen LogP contribution in [-0.4, -0.2) is 31.4 Å². The SMILES string of the molecule is CCCC1=C(C(=O)OCC)[C@@H](c2cc(Cl)ccc2OC)n2c(s/c(=C/c3cccc(OC)c3)c2=O)=N1. The van der Waals surface area contributed by atoms with Gasteiger partial charge in [-0.2, -0.15) is 0 Å². The van der Waals surface area contributed by atoms with Gasteiger partial charge in [0.2, 0.25) is 0 Å². The lowest BCUT2D eigenvalue weighted by molar-refractivity contribution is -0.139. The Hall–Kier alpha value is -3.36. The zero-order chi connectivity index (χ0) is 25.8. The van der Waals surface area contributed by atoms with E-state index in [-0.39, 0.29) is 12.2 Å². The number of carbonyl (C=O) groups is 1. The van der Waals surface area contributed by atoms with Gasteiger partial charge >= 0.3 is 5.97 Å². The van der Waals surface area contributed by atoms with Gasteiger partial charge in [0.25, 0.3) is 5.56 Å². The van der Waals surface area contributed by atoms with Crippen LogP contribution in [0.25, 0.3) is 6.08 Å². The fourth-order valence-electron chi connectivity index (χ4n) is 4.22. The number of aromatic nitrogens is 1. The minimum atomic E-state index is -0.803. The summed E-state index contributed by atoms with van der Waals surface area (Å²) >= 11 is 7.64. The fourth-order valence-corrected chi connectivity index (χ4v) is 5.42. The van der Waals surface area contributed by atoms with Crippen molar-refractivity contribution in [3.05, 3.63) is 89.6 Å². The smallest absolute Gasteiger partial charge is 0.338 e. The maximum atomic E-state index is 13.8. The number of esters is 1. The zero-order valence-electron chi connectivity index (χ0n) is 20.5. The van der Waals surface area contributed by atoms with Gasteiger partial charge in [0, 0.05) is 10.6 Å². The Bertz CT molecular complexity index is 1510. The number of nitrogens with zero attached hydrogens (tertiary/aromatic N) is 2. The third-order valence-corrected chi connectivity index (χ3v) is 6.99. The first-order chi connectivity index (χ1) is 17.4. The minimum absolute atomic E-state index is 0.196. The quantitative estimate of drug-likeness (QED) is 0.410. The van der Waals surface area contributed by atoms with Crippen LogP contribution in [0.4, 0.5) is 0 Å². The Morgan fingerprint density at radius 2 is 1.97 bits per heavy atom. The zero-order valence-corrected chi connectivity index (χ0v) is 22.1. The van der Waals surface area contributed by atoms with Gasteiger partial charge in [-0.3, -0.25) is 9.36 Å². The number of ether oxygens (including phenoxy) is 3. The molecular weight excluding hydrogens is 500 g/mol. The van der Waals surface area contributed by atoms with E-state index in [0.717, 1.165) is 12.0 Å². The number of thiazole rings is 1. The van der Waals surface area contributed by atoms with Crippen molar-refractivity contribution < 1.29 is 19.0 Å². The van der Waals surface area contributed by atoms with Crippen molar-refractivity contribution in [1.29, 1.82) is 0 Å². The van der Waals surface area contributed by atoms with E-state index in [1.807, 2.05) is 31.2 Å². The predicted octanol–water partition coefficient (Wildman–Crippen LogP) is 4.25. The highest BCUT2D eigenvalue weighted by Gasteiger charge is 2.36. The van der Waals surface area contributed by atoms with Gasteiger partial charge in [0.15, 0.2) is 4.80 Å². The Labute approximate surface area is 217 Å². The molecule has 2 heterocycles. The summed E-state index contributed by atoms with van der Waals surface area (Å²) in [4.78, 5) is 32.4. The number of hydrogen-bond donors (Lipinski definition) is 0. The lowest BCUT2D eigenvalue weighted by Crippen LogP contribution is -2.40. The van der Waals surface area contributed by atoms with Gasteiger partial charge in [-0.15, -0.1) is 0 Å². The van der Waals surface area contributed by atoms with E-state index >= 15 is 0 Å². The molecule has 0 radical (unpaired) electrons. The maximum absolute atomic E-state index is 13.8. The molecule has 0 aliphatic carbocycles. The van der Waals surface area contributed by atoms with Gasteiger partial charge in [-0.25, -0.2) is 9.79 Å². The number of fused-ring (bicyclic) bond motifs is 1. The number of rotatable bonds is 8. The topological polar surface area (TPSA) is 79.1 Å². The van der Waals surface area contributed by atoms with E-state index in [1.165, 1.54) is 15.9 Å². The average Bonchev–Trinajstić information content (AvgIpc) is 3.18. The van der Waals surface area contributed by atoms with Crippen molar-refractivity contribution in [2.75, 3.05) is 20.8 Å². The summed E-state index contributed by atoms with van der Waals surface area (Å²) in [7, 11) is 3.14. The number of methoxy groups -OCH3 is 2. The first kappa shape index (κ1) is 25.7. The molecule has 2 aromatic carbocycles. The van der Waals surface area contributed by atoms with Crippen LogP contribution in [0.15, 0.2) is 63.5 Å². The Kier molecular flexibility index (Phi) is 7.96. The van der Waals surface area contributed by atoms with Gasteiger partial charge < -0.3 is 14.2 Å². The molecule has 0 fully saturated rings. The molecular formula is C27H27ClN2O5S. The molecule has 36 heavy (non-hydrogen) atoms. The van der Waals surface area contributed by atoms with Crippen molar-refractivity contribution in [2.45, 2.75) is 32.7 Å². The summed E-state index contributed by atoms with van der Waals surface area (Å²) in [5, 5.41) is 0.460. The molecule has 1 aliphatic heterocycles. The third-order valence-electron chi connectivity index (χ3n) is 5.77. The molecule has 1 aliphatic rings. The van der Waals surface area contributed by atoms with Gasteiger partial charge in [0.05, 0.1) is 36.6 Å². The normalized spacial score (nSPS) is 15.4. The van der Waals surface area contributed by atoms with Crippen molar-refractivity contribution in [3.8, 4) is 11.5 Å². The molecule has 7 nitrogen and oxygen atoms in total. The molecule has 0 spiro atoms. The number of halogens is 1. The van der Waals surface area contributed by atoms with Crippen LogP contribution in [0, 0.1) is 0 Å². The van der Waals surface area contributed by atoms with Gasteiger partial charge in [0.1, 0.15) is 17.5 Å². The second kappa shape index (κ2) is 11.1. The largest absolute Gasteiger partial charge is 0.497 e. The van der Waals surface area contributed by atoms with Crippen LogP contribution in [0.2, 0.25) is 5.02 Å². The van der Waals surface area contributed by atoms with Crippen LogP contribution in [-0.2, 0) is 9.53 Å². The Morgan fingerprint density at radius 1 is 1.17 bits per heavy atom. The highest BCUT2D eigenvalue weighted by molar-refractivity contribution is 7.07. The van der Waals surface area contributed by atoms with E-state index in [2.05, 4.69) is 0 Å².